The standard InChI is InChI=1S/C26H30ClN5O2/c1-18(34-24-15-22(27)16-29-25(24)28)20-6-4-8-23(14-20)30-26(33)21-7-3-5-19(13-21)17-32-11-9-31(2)10-12-32/h3-8,13-16,18H,9-12,17H2,1-2H3,(H2,28,29)(H,30,33). The summed E-state index contributed by atoms with van der Waals surface area (Å²) in [5.41, 5.74) is 9.26. The number of nitrogen functional groups attached to an aromatic ring is 1. The predicted octanol–water partition coefficient (Wildman–Crippen LogP) is 4.46. The van der Waals surface area contributed by atoms with E-state index in [1.165, 1.54) is 6.20 Å². The number of nitrogens with two attached hydrogens (primary N) is 1. The van der Waals surface area contributed by atoms with Crippen molar-refractivity contribution in [1.29, 1.82) is 0 Å². The van der Waals surface area contributed by atoms with Gasteiger partial charge in [-0.1, -0.05) is 35.9 Å². The van der Waals surface area contributed by atoms with Crippen LogP contribution in [-0.2, 0) is 6.54 Å². The van der Waals surface area contributed by atoms with Crippen LogP contribution in [-0.4, -0.2) is 53.9 Å². The Morgan fingerprint density at radius 3 is 2.71 bits per heavy atom. The highest BCUT2D eigenvalue weighted by Gasteiger charge is 2.16. The zero-order valence-corrected chi connectivity index (χ0v) is 20.3. The minimum atomic E-state index is -0.314. The SMILES string of the molecule is CC(Oc1cc(Cl)cnc1N)c1cccc(NC(=O)c2cccc(CN3CCN(C)CC3)c2)c1. The van der Waals surface area contributed by atoms with E-state index in [2.05, 4.69) is 33.2 Å². The molecule has 0 aliphatic carbocycles. The minimum Gasteiger partial charge on any atom is -0.482 e. The molecule has 1 saturated heterocycles. The minimum absolute atomic E-state index is 0.144. The Morgan fingerprint density at radius 1 is 1.15 bits per heavy atom. The van der Waals surface area contributed by atoms with Crippen LogP contribution in [0.2, 0.25) is 5.02 Å². The molecule has 1 atom stereocenters. The lowest BCUT2D eigenvalue weighted by Gasteiger charge is -2.32. The third kappa shape index (κ3) is 6.26. The number of halogens is 1. The molecule has 2 aromatic carbocycles. The van der Waals surface area contributed by atoms with E-state index in [0.29, 0.717) is 22.0 Å². The van der Waals surface area contributed by atoms with Crippen molar-refractivity contribution in [3.63, 3.8) is 0 Å². The highest BCUT2D eigenvalue weighted by atomic mass is 35.5. The molecule has 178 valence electrons. The van der Waals surface area contributed by atoms with E-state index >= 15 is 0 Å². The van der Waals surface area contributed by atoms with Gasteiger partial charge in [0.25, 0.3) is 5.91 Å². The molecule has 1 aliphatic rings. The Bertz CT molecular complexity index is 1150. The molecule has 8 heteroatoms. The molecule has 0 radical (unpaired) electrons. The van der Waals surface area contributed by atoms with Crippen molar-refractivity contribution in [2.24, 2.45) is 0 Å². The molecule has 2 heterocycles. The lowest BCUT2D eigenvalue weighted by atomic mass is 10.1. The number of benzene rings is 2. The van der Waals surface area contributed by atoms with Crippen LogP contribution in [0.5, 0.6) is 5.75 Å². The predicted molar refractivity (Wildman–Crippen MR) is 136 cm³/mol. The molecule has 1 aliphatic heterocycles. The number of anilines is 2. The maximum absolute atomic E-state index is 13.0. The molecule has 4 rings (SSSR count). The average Bonchev–Trinajstić information content (AvgIpc) is 2.83. The number of likely N-dealkylation sites (N-methyl/N-ethyl adjacent to an activating group) is 1. The van der Waals surface area contributed by atoms with E-state index in [4.69, 9.17) is 22.1 Å². The number of nitrogens with zero attached hydrogens (tertiary/aromatic N) is 3. The second-order valence-electron chi connectivity index (χ2n) is 8.66. The number of amides is 1. The van der Waals surface area contributed by atoms with Crippen molar-refractivity contribution < 1.29 is 9.53 Å². The van der Waals surface area contributed by atoms with Gasteiger partial charge in [0.1, 0.15) is 6.10 Å². The third-order valence-corrected chi connectivity index (χ3v) is 6.16. The van der Waals surface area contributed by atoms with Crippen LogP contribution in [0.15, 0.2) is 60.8 Å². The summed E-state index contributed by atoms with van der Waals surface area (Å²) in [6.07, 6.45) is 1.16. The topological polar surface area (TPSA) is 83.7 Å². The van der Waals surface area contributed by atoms with E-state index in [0.717, 1.165) is 43.9 Å². The summed E-state index contributed by atoms with van der Waals surface area (Å²) < 4.78 is 5.96. The molecule has 3 aromatic rings. The van der Waals surface area contributed by atoms with Gasteiger partial charge in [0.05, 0.1) is 5.02 Å². The van der Waals surface area contributed by atoms with Crippen molar-refractivity contribution in [3.8, 4) is 5.75 Å². The van der Waals surface area contributed by atoms with Crippen LogP contribution >= 0.6 is 11.6 Å². The van der Waals surface area contributed by atoms with Gasteiger partial charge < -0.3 is 20.7 Å². The fourth-order valence-corrected chi connectivity index (χ4v) is 4.08. The smallest absolute Gasteiger partial charge is 0.255 e. The zero-order chi connectivity index (χ0) is 24.1. The zero-order valence-electron chi connectivity index (χ0n) is 19.5. The van der Waals surface area contributed by atoms with Crippen molar-refractivity contribution in [3.05, 3.63) is 82.5 Å². The summed E-state index contributed by atoms with van der Waals surface area (Å²) >= 11 is 6.01. The number of hydrogen-bond acceptors (Lipinski definition) is 6. The van der Waals surface area contributed by atoms with E-state index < -0.39 is 0 Å². The number of aromatic nitrogens is 1. The van der Waals surface area contributed by atoms with Crippen LogP contribution in [0.25, 0.3) is 0 Å². The number of carbonyl (C=O) groups excluding carboxylic acids is 1. The van der Waals surface area contributed by atoms with Crippen molar-refractivity contribution >= 4 is 29.0 Å². The maximum Gasteiger partial charge on any atom is 0.255 e. The first kappa shape index (κ1) is 24.0. The summed E-state index contributed by atoms with van der Waals surface area (Å²) in [6.45, 7) is 6.97. The highest BCUT2D eigenvalue weighted by molar-refractivity contribution is 6.30. The Labute approximate surface area is 205 Å². The number of ether oxygens (including phenoxy) is 1. The van der Waals surface area contributed by atoms with Crippen molar-refractivity contribution in [2.75, 3.05) is 44.3 Å². The van der Waals surface area contributed by atoms with Gasteiger partial charge in [-0.25, -0.2) is 4.98 Å². The second-order valence-corrected chi connectivity index (χ2v) is 9.09. The van der Waals surface area contributed by atoms with E-state index in [9.17, 15) is 4.79 Å². The summed E-state index contributed by atoms with van der Waals surface area (Å²) in [7, 11) is 2.15. The van der Waals surface area contributed by atoms with Crippen LogP contribution in [0.3, 0.4) is 0 Å². The quantitative estimate of drug-likeness (QED) is 0.520. The average molecular weight is 480 g/mol. The Kier molecular flexibility index (Phi) is 7.67. The van der Waals surface area contributed by atoms with E-state index in [-0.39, 0.29) is 17.8 Å². The van der Waals surface area contributed by atoms with Crippen LogP contribution in [0, 0.1) is 0 Å². The Hall–Kier alpha value is -3.13. The Morgan fingerprint density at radius 2 is 1.91 bits per heavy atom. The molecule has 34 heavy (non-hydrogen) atoms. The van der Waals surface area contributed by atoms with Gasteiger partial charge in [0.15, 0.2) is 11.6 Å². The molecule has 7 nitrogen and oxygen atoms in total. The molecule has 3 N–H and O–H groups in total. The molecule has 0 spiro atoms. The molecule has 1 fully saturated rings. The first-order valence-corrected chi connectivity index (χ1v) is 11.7. The molecule has 1 amide bonds. The molecule has 1 aromatic heterocycles. The van der Waals surface area contributed by atoms with Crippen LogP contribution in [0.1, 0.15) is 34.5 Å². The summed E-state index contributed by atoms with van der Waals surface area (Å²) in [5, 5.41) is 3.45. The first-order chi connectivity index (χ1) is 16.4. The van der Waals surface area contributed by atoms with E-state index in [1.807, 2.05) is 49.4 Å². The number of pyridine rings is 1. The molecular weight excluding hydrogens is 450 g/mol. The third-order valence-electron chi connectivity index (χ3n) is 5.96. The first-order valence-electron chi connectivity index (χ1n) is 11.4. The number of rotatable bonds is 7. The molecular formula is C26H30ClN5O2. The lowest BCUT2D eigenvalue weighted by Crippen LogP contribution is -2.43. The Balaban J connectivity index is 1.40. The summed E-state index contributed by atoms with van der Waals surface area (Å²) in [5.74, 6) is 0.554. The van der Waals surface area contributed by atoms with Gasteiger partial charge in [-0.2, -0.15) is 0 Å². The van der Waals surface area contributed by atoms with Gasteiger partial charge in [0.2, 0.25) is 0 Å². The largest absolute Gasteiger partial charge is 0.482 e. The van der Waals surface area contributed by atoms with Gasteiger partial charge in [-0.15, -0.1) is 0 Å². The molecule has 1 unspecified atom stereocenters. The number of hydrogen-bond donors (Lipinski definition) is 2. The monoisotopic (exact) mass is 479 g/mol. The maximum atomic E-state index is 13.0. The summed E-state index contributed by atoms with van der Waals surface area (Å²) in [6, 6.07) is 17.0. The normalized spacial score (nSPS) is 15.6. The molecule has 0 bridgehead atoms. The van der Waals surface area contributed by atoms with Crippen molar-refractivity contribution in [2.45, 2.75) is 19.6 Å². The number of carbonyl (C=O) groups is 1. The van der Waals surface area contributed by atoms with Gasteiger partial charge in [-0.3, -0.25) is 9.69 Å². The van der Waals surface area contributed by atoms with Gasteiger partial charge in [0, 0.05) is 56.2 Å². The summed E-state index contributed by atoms with van der Waals surface area (Å²) in [4.78, 5) is 21.7. The number of piperazine rings is 1. The van der Waals surface area contributed by atoms with Gasteiger partial charge in [-0.05, 0) is 49.4 Å². The van der Waals surface area contributed by atoms with E-state index in [1.54, 1.807) is 6.07 Å². The van der Waals surface area contributed by atoms with Crippen molar-refractivity contribution in [1.82, 2.24) is 14.8 Å². The molecule has 0 saturated carbocycles. The highest BCUT2D eigenvalue weighted by Crippen LogP contribution is 2.29. The van der Waals surface area contributed by atoms with Gasteiger partial charge >= 0.3 is 0 Å². The lowest BCUT2D eigenvalue weighted by molar-refractivity contribution is 0.102. The fourth-order valence-electron chi connectivity index (χ4n) is 3.93. The number of nitrogens with one attached hydrogen (secondary N) is 1. The second kappa shape index (κ2) is 10.9. The van der Waals surface area contributed by atoms with Crippen LogP contribution < -0.4 is 15.8 Å². The fraction of sp³-hybridized carbons (Fsp3) is 0.308. The van der Waals surface area contributed by atoms with Crippen LogP contribution in [0.4, 0.5) is 11.5 Å².